The van der Waals surface area contributed by atoms with Gasteiger partial charge in [-0.05, 0) is 69.4 Å². The summed E-state index contributed by atoms with van der Waals surface area (Å²) in [6.07, 6.45) is 19.1. The van der Waals surface area contributed by atoms with Gasteiger partial charge in [0.2, 0.25) is 0 Å². The number of unbranched alkanes of at least 4 members (excludes halogenated alkanes) is 6. The van der Waals surface area contributed by atoms with E-state index in [0.29, 0.717) is 6.42 Å². The van der Waals surface area contributed by atoms with Gasteiger partial charge in [0.25, 0.3) is 5.91 Å². The molecule has 1 aliphatic carbocycles. The van der Waals surface area contributed by atoms with Gasteiger partial charge in [-0.15, -0.1) is 4.91 Å². The summed E-state index contributed by atoms with van der Waals surface area (Å²) in [5, 5.41) is 5.72. The molecule has 0 saturated heterocycles. The van der Waals surface area contributed by atoms with Crippen molar-refractivity contribution in [1.29, 1.82) is 0 Å². The molecule has 0 aromatic carbocycles. The van der Waals surface area contributed by atoms with E-state index in [1.807, 2.05) is 6.92 Å². The fourth-order valence-electron chi connectivity index (χ4n) is 3.39. The molecule has 1 N–H and O–H groups in total. The zero-order valence-electron chi connectivity index (χ0n) is 16.5. The molecule has 0 aliphatic heterocycles. The van der Waals surface area contributed by atoms with Crippen molar-refractivity contribution in [1.82, 2.24) is 5.32 Å². The first-order valence-corrected chi connectivity index (χ1v) is 10.3. The smallest absolute Gasteiger partial charge is 0.286 e. The minimum absolute atomic E-state index is 0.312. The highest BCUT2D eigenvalue weighted by Gasteiger charge is 2.08. The predicted octanol–water partition coefficient (Wildman–Crippen LogP) is 6.34. The van der Waals surface area contributed by atoms with Gasteiger partial charge >= 0.3 is 0 Å². The lowest BCUT2D eigenvalue weighted by Crippen LogP contribution is -2.11. The topological polar surface area (TPSA) is 58.5 Å². The molecule has 4 heteroatoms. The lowest BCUT2D eigenvalue weighted by molar-refractivity contribution is -0.118. The van der Waals surface area contributed by atoms with Crippen LogP contribution in [0.2, 0.25) is 0 Å². The molecular weight excluding hydrogens is 324 g/mol. The number of nitroso groups, excluding NO2 is 1. The average Bonchev–Trinajstić information content (AvgIpc) is 2.64. The number of hydrogen-bond acceptors (Lipinski definition) is 3. The second kappa shape index (κ2) is 14.5. The van der Waals surface area contributed by atoms with E-state index in [0.717, 1.165) is 31.5 Å². The Kier molecular flexibility index (Phi) is 12.4. The SMILES string of the molecule is C=C(C)NCCCCC1=CCCC=C1CCCCCCCCC(=O)N=O. The van der Waals surface area contributed by atoms with Crippen molar-refractivity contribution in [2.24, 2.45) is 5.18 Å². The number of amides is 1. The zero-order chi connectivity index (χ0) is 19.0. The van der Waals surface area contributed by atoms with Crippen molar-refractivity contribution in [3.63, 3.8) is 0 Å². The Morgan fingerprint density at radius 1 is 0.962 bits per heavy atom. The minimum Gasteiger partial charge on any atom is -0.389 e. The quantitative estimate of drug-likeness (QED) is 0.274. The lowest BCUT2D eigenvalue weighted by Gasteiger charge is -2.17. The van der Waals surface area contributed by atoms with E-state index in [4.69, 9.17) is 0 Å². The summed E-state index contributed by atoms with van der Waals surface area (Å²) in [6, 6.07) is 0. The van der Waals surface area contributed by atoms with Crippen LogP contribution in [0.4, 0.5) is 0 Å². The number of allylic oxidation sites excluding steroid dienone is 5. The second-order valence-corrected chi connectivity index (χ2v) is 7.31. The first-order chi connectivity index (χ1) is 12.6. The largest absolute Gasteiger partial charge is 0.389 e. The third kappa shape index (κ3) is 11.0. The Balaban J connectivity index is 2.09. The van der Waals surface area contributed by atoms with E-state index in [1.54, 1.807) is 11.1 Å². The number of hydrogen-bond donors (Lipinski definition) is 1. The van der Waals surface area contributed by atoms with Crippen molar-refractivity contribution < 1.29 is 4.79 Å². The Morgan fingerprint density at radius 3 is 2.08 bits per heavy atom. The van der Waals surface area contributed by atoms with Crippen molar-refractivity contribution in [3.8, 4) is 0 Å². The van der Waals surface area contributed by atoms with Gasteiger partial charge in [0.05, 0.1) is 0 Å². The third-order valence-corrected chi connectivity index (χ3v) is 4.85. The van der Waals surface area contributed by atoms with Crippen LogP contribution in [-0.2, 0) is 4.79 Å². The zero-order valence-corrected chi connectivity index (χ0v) is 16.5. The molecule has 0 unspecified atom stereocenters. The predicted molar refractivity (Wildman–Crippen MR) is 110 cm³/mol. The molecule has 0 heterocycles. The number of carbonyl (C=O) groups excluding carboxylic acids is 1. The van der Waals surface area contributed by atoms with Gasteiger partial charge in [0.15, 0.2) is 0 Å². The van der Waals surface area contributed by atoms with Gasteiger partial charge < -0.3 is 5.32 Å². The number of nitrogens with one attached hydrogen (secondary N) is 1. The van der Waals surface area contributed by atoms with Crippen molar-refractivity contribution in [2.45, 2.75) is 90.4 Å². The van der Waals surface area contributed by atoms with Crippen LogP contribution in [0.1, 0.15) is 90.4 Å². The maximum absolute atomic E-state index is 10.8. The van der Waals surface area contributed by atoms with Gasteiger partial charge in [0, 0.05) is 23.8 Å². The molecule has 0 radical (unpaired) electrons. The molecule has 146 valence electrons. The Bertz CT molecular complexity index is 506. The van der Waals surface area contributed by atoms with Crippen LogP contribution in [0, 0.1) is 4.91 Å². The summed E-state index contributed by atoms with van der Waals surface area (Å²) >= 11 is 0. The highest BCUT2D eigenvalue weighted by atomic mass is 16.3. The molecule has 1 rings (SSSR count). The highest BCUT2D eigenvalue weighted by molar-refractivity contribution is 5.76. The van der Waals surface area contributed by atoms with Crippen LogP contribution in [0.15, 0.2) is 40.8 Å². The Morgan fingerprint density at radius 2 is 1.50 bits per heavy atom. The van der Waals surface area contributed by atoms with E-state index < -0.39 is 5.91 Å². The molecule has 0 bridgehead atoms. The fourth-order valence-corrected chi connectivity index (χ4v) is 3.39. The molecule has 0 saturated carbocycles. The molecule has 26 heavy (non-hydrogen) atoms. The van der Waals surface area contributed by atoms with Crippen LogP contribution in [0.5, 0.6) is 0 Å². The van der Waals surface area contributed by atoms with Crippen LogP contribution < -0.4 is 5.32 Å². The van der Waals surface area contributed by atoms with E-state index in [-0.39, 0.29) is 0 Å². The molecule has 0 aromatic heterocycles. The fraction of sp³-hybridized carbons (Fsp3) is 0.682. The molecule has 0 spiro atoms. The van der Waals surface area contributed by atoms with Crippen molar-refractivity contribution in [3.05, 3.63) is 40.5 Å². The van der Waals surface area contributed by atoms with Crippen LogP contribution in [0.3, 0.4) is 0 Å². The van der Waals surface area contributed by atoms with Crippen molar-refractivity contribution in [2.75, 3.05) is 6.54 Å². The Labute approximate surface area is 159 Å². The average molecular weight is 361 g/mol. The van der Waals surface area contributed by atoms with Crippen LogP contribution in [0.25, 0.3) is 0 Å². The Hall–Kier alpha value is -1.71. The van der Waals surface area contributed by atoms with Crippen molar-refractivity contribution >= 4 is 5.91 Å². The standard InChI is InChI=1S/C22H36N2O2/c1-19(2)23-18-12-11-16-21-15-10-9-14-20(21)13-7-5-3-4-6-8-17-22(25)24-26/h14-15,23H,1,3-13,16-18H2,2H3. The van der Waals surface area contributed by atoms with Crippen LogP contribution >= 0.6 is 0 Å². The number of nitrogens with zero attached hydrogens (tertiary/aromatic N) is 1. The maximum atomic E-state index is 10.8. The third-order valence-electron chi connectivity index (χ3n) is 4.85. The molecule has 1 aliphatic rings. The van der Waals surface area contributed by atoms with Gasteiger partial charge in [0.1, 0.15) is 0 Å². The normalized spacial score (nSPS) is 13.7. The summed E-state index contributed by atoms with van der Waals surface area (Å²) in [7, 11) is 0. The van der Waals surface area contributed by atoms with E-state index >= 15 is 0 Å². The monoisotopic (exact) mass is 360 g/mol. The van der Waals surface area contributed by atoms with Crippen LogP contribution in [-0.4, -0.2) is 12.5 Å². The second-order valence-electron chi connectivity index (χ2n) is 7.31. The molecule has 1 amide bonds. The van der Waals surface area contributed by atoms with E-state index in [9.17, 15) is 9.70 Å². The molecule has 0 atom stereocenters. The minimum atomic E-state index is -0.510. The summed E-state index contributed by atoms with van der Waals surface area (Å²) in [5.74, 6) is -0.510. The summed E-state index contributed by atoms with van der Waals surface area (Å²) in [4.78, 5) is 20.8. The summed E-state index contributed by atoms with van der Waals surface area (Å²) in [5.41, 5.74) is 4.20. The lowest BCUT2D eigenvalue weighted by atomic mass is 9.90. The van der Waals surface area contributed by atoms with E-state index in [1.165, 1.54) is 57.8 Å². The van der Waals surface area contributed by atoms with Gasteiger partial charge in [-0.1, -0.05) is 44.4 Å². The van der Waals surface area contributed by atoms with Gasteiger partial charge in [-0.25, -0.2) is 0 Å². The van der Waals surface area contributed by atoms with Gasteiger partial charge in [-0.2, -0.15) is 0 Å². The van der Waals surface area contributed by atoms with E-state index in [2.05, 4.69) is 29.2 Å². The first kappa shape index (κ1) is 22.3. The maximum Gasteiger partial charge on any atom is 0.286 e. The molecule has 4 nitrogen and oxygen atoms in total. The molecular formula is C22H36N2O2. The molecule has 0 fully saturated rings. The first-order valence-electron chi connectivity index (χ1n) is 10.3. The summed E-state index contributed by atoms with van der Waals surface area (Å²) in [6.45, 7) is 6.90. The van der Waals surface area contributed by atoms with Gasteiger partial charge in [-0.3, -0.25) is 4.79 Å². The number of carbonyl (C=O) groups is 1. The number of rotatable bonds is 15. The highest BCUT2D eigenvalue weighted by Crippen LogP contribution is 2.27. The molecule has 0 aromatic rings. The summed E-state index contributed by atoms with van der Waals surface area (Å²) < 4.78 is 0.